The smallest absolute Gasteiger partial charge is 0.243 e. The van der Waals surface area contributed by atoms with Gasteiger partial charge in [-0.05, 0) is 12.1 Å². The topological polar surface area (TPSA) is 88.2 Å². The molecule has 8 heteroatoms. The molecule has 0 unspecified atom stereocenters. The van der Waals surface area contributed by atoms with E-state index in [4.69, 9.17) is 11.6 Å². The highest BCUT2D eigenvalue weighted by atomic mass is 35.5. The van der Waals surface area contributed by atoms with Crippen LogP contribution in [0, 0.1) is 0 Å². The number of sulfonamides is 1. The Morgan fingerprint density at radius 3 is 2.82 bits per heavy atom. The molecule has 17 heavy (non-hydrogen) atoms. The number of aromatic nitrogens is 1. The van der Waals surface area contributed by atoms with Gasteiger partial charge in [-0.25, -0.2) is 18.1 Å². The Kier molecular flexibility index (Phi) is 4.86. The van der Waals surface area contributed by atoms with Crippen molar-refractivity contribution in [3.8, 4) is 0 Å². The van der Waals surface area contributed by atoms with Gasteiger partial charge in [-0.2, -0.15) is 0 Å². The van der Waals surface area contributed by atoms with Crippen molar-refractivity contribution >= 4 is 27.5 Å². The maximum Gasteiger partial charge on any atom is 0.243 e. The number of amides is 1. The van der Waals surface area contributed by atoms with Gasteiger partial charge in [0.2, 0.25) is 15.9 Å². The number of hydrogen-bond donors (Lipinski definition) is 2. The maximum atomic E-state index is 11.8. The fourth-order valence-corrected chi connectivity index (χ4v) is 2.56. The molecule has 0 saturated carbocycles. The summed E-state index contributed by atoms with van der Waals surface area (Å²) in [4.78, 5) is 14.5. The normalized spacial score (nSPS) is 11.2. The van der Waals surface area contributed by atoms with Crippen LogP contribution in [-0.4, -0.2) is 32.9 Å². The number of rotatable bonds is 5. The zero-order chi connectivity index (χ0) is 12.9. The van der Waals surface area contributed by atoms with Gasteiger partial charge in [0.1, 0.15) is 10.0 Å². The average molecular weight is 278 g/mol. The number of carbonyl (C=O) groups is 1. The van der Waals surface area contributed by atoms with Gasteiger partial charge in [-0.3, -0.25) is 4.79 Å². The molecule has 1 rings (SSSR count). The van der Waals surface area contributed by atoms with Gasteiger partial charge in [-0.1, -0.05) is 11.6 Å². The Balaban J connectivity index is 2.70. The summed E-state index contributed by atoms with van der Waals surface area (Å²) >= 11 is 5.67. The third-order valence-corrected chi connectivity index (χ3v) is 3.84. The molecular weight excluding hydrogens is 266 g/mol. The lowest BCUT2D eigenvalue weighted by atomic mass is 10.4. The molecule has 2 N–H and O–H groups in total. The van der Waals surface area contributed by atoms with E-state index in [9.17, 15) is 13.2 Å². The van der Waals surface area contributed by atoms with Crippen molar-refractivity contribution in [1.82, 2.24) is 15.0 Å². The second kappa shape index (κ2) is 5.95. The van der Waals surface area contributed by atoms with Crippen LogP contribution in [-0.2, 0) is 14.8 Å². The summed E-state index contributed by atoms with van der Waals surface area (Å²) in [5.74, 6) is -0.245. The summed E-state index contributed by atoms with van der Waals surface area (Å²) in [7, 11) is -2.24. The first-order chi connectivity index (χ1) is 7.97. The Labute approximate surface area is 104 Å². The molecule has 1 aromatic heterocycles. The minimum atomic E-state index is -3.72. The highest BCUT2D eigenvalue weighted by molar-refractivity contribution is 7.89. The van der Waals surface area contributed by atoms with E-state index in [1.54, 1.807) is 0 Å². The molecular formula is C9H12ClN3O3S. The van der Waals surface area contributed by atoms with Crippen LogP contribution in [0.1, 0.15) is 6.42 Å². The van der Waals surface area contributed by atoms with E-state index in [1.807, 2.05) is 0 Å². The van der Waals surface area contributed by atoms with E-state index in [2.05, 4.69) is 15.0 Å². The van der Waals surface area contributed by atoms with E-state index in [0.717, 1.165) is 0 Å². The predicted molar refractivity (Wildman–Crippen MR) is 63.1 cm³/mol. The van der Waals surface area contributed by atoms with Crippen molar-refractivity contribution in [2.24, 2.45) is 0 Å². The first-order valence-electron chi connectivity index (χ1n) is 4.78. The van der Waals surface area contributed by atoms with Crippen LogP contribution in [0.5, 0.6) is 0 Å². The summed E-state index contributed by atoms with van der Waals surface area (Å²) in [6.07, 6.45) is 1.46. The van der Waals surface area contributed by atoms with Gasteiger partial charge >= 0.3 is 0 Å². The standard InChI is InChI=1S/C9H12ClN3O3S/c1-11-8(14)4-6-13-17(15,16)7-3-2-5-12-9(7)10/h2-3,5,13H,4,6H2,1H3,(H,11,14). The van der Waals surface area contributed by atoms with Crippen LogP contribution in [0.2, 0.25) is 5.15 Å². The summed E-state index contributed by atoms with van der Waals surface area (Å²) in [6.45, 7) is 0.00717. The highest BCUT2D eigenvalue weighted by Crippen LogP contribution is 2.17. The molecule has 0 aliphatic rings. The third-order valence-electron chi connectivity index (χ3n) is 1.94. The summed E-state index contributed by atoms with van der Waals surface area (Å²) in [5, 5.41) is 2.29. The van der Waals surface area contributed by atoms with Crippen molar-refractivity contribution in [3.05, 3.63) is 23.5 Å². The Morgan fingerprint density at radius 1 is 1.53 bits per heavy atom. The number of halogens is 1. The molecule has 0 spiro atoms. The first-order valence-corrected chi connectivity index (χ1v) is 6.64. The van der Waals surface area contributed by atoms with Gasteiger partial charge in [0, 0.05) is 26.2 Å². The lowest BCUT2D eigenvalue weighted by molar-refractivity contribution is -0.120. The molecule has 0 bridgehead atoms. The fraction of sp³-hybridized carbons (Fsp3) is 0.333. The zero-order valence-corrected chi connectivity index (χ0v) is 10.7. The Hall–Kier alpha value is -1.18. The highest BCUT2D eigenvalue weighted by Gasteiger charge is 2.17. The van der Waals surface area contributed by atoms with Crippen molar-refractivity contribution in [2.45, 2.75) is 11.3 Å². The van der Waals surface area contributed by atoms with Gasteiger partial charge in [0.15, 0.2) is 0 Å². The van der Waals surface area contributed by atoms with Crippen LogP contribution in [0.25, 0.3) is 0 Å². The lowest BCUT2D eigenvalue weighted by Crippen LogP contribution is -2.29. The van der Waals surface area contributed by atoms with Crippen molar-refractivity contribution in [2.75, 3.05) is 13.6 Å². The number of carbonyl (C=O) groups excluding carboxylic acids is 1. The van der Waals surface area contributed by atoms with Gasteiger partial charge in [0.25, 0.3) is 0 Å². The van der Waals surface area contributed by atoms with E-state index < -0.39 is 10.0 Å². The van der Waals surface area contributed by atoms with Gasteiger partial charge in [0.05, 0.1) is 0 Å². The second-order valence-electron chi connectivity index (χ2n) is 3.11. The maximum absolute atomic E-state index is 11.8. The number of nitrogens with one attached hydrogen (secondary N) is 2. The Bertz CT molecular complexity index is 504. The quantitative estimate of drug-likeness (QED) is 0.750. The molecule has 1 aromatic rings. The van der Waals surface area contributed by atoms with E-state index in [0.29, 0.717) is 0 Å². The minimum Gasteiger partial charge on any atom is -0.359 e. The molecule has 0 aliphatic heterocycles. The largest absolute Gasteiger partial charge is 0.359 e. The number of hydrogen-bond acceptors (Lipinski definition) is 4. The molecule has 0 fully saturated rings. The van der Waals surface area contributed by atoms with Crippen LogP contribution < -0.4 is 10.0 Å². The van der Waals surface area contributed by atoms with Crippen LogP contribution in [0.15, 0.2) is 23.2 Å². The average Bonchev–Trinajstić information content (AvgIpc) is 2.28. The molecule has 0 aromatic carbocycles. The first kappa shape index (κ1) is 13.9. The number of nitrogens with zero attached hydrogens (tertiary/aromatic N) is 1. The predicted octanol–water partition coefficient (Wildman–Crippen LogP) is 0.149. The van der Waals surface area contributed by atoms with Crippen LogP contribution >= 0.6 is 11.6 Å². The molecule has 0 radical (unpaired) electrons. The van der Waals surface area contributed by atoms with Crippen LogP contribution in [0.3, 0.4) is 0 Å². The van der Waals surface area contributed by atoms with E-state index >= 15 is 0 Å². The fourth-order valence-electron chi connectivity index (χ4n) is 1.07. The van der Waals surface area contributed by atoms with E-state index in [1.165, 1.54) is 25.4 Å². The number of pyridine rings is 1. The molecule has 1 heterocycles. The van der Waals surface area contributed by atoms with E-state index in [-0.39, 0.29) is 28.9 Å². The monoisotopic (exact) mass is 277 g/mol. The molecule has 1 amide bonds. The van der Waals surface area contributed by atoms with Gasteiger partial charge < -0.3 is 5.32 Å². The lowest BCUT2D eigenvalue weighted by Gasteiger charge is -2.06. The zero-order valence-electron chi connectivity index (χ0n) is 9.10. The summed E-state index contributed by atoms with van der Waals surface area (Å²) in [5.41, 5.74) is 0. The molecule has 0 saturated heterocycles. The summed E-state index contributed by atoms with van der Waals surface area (Å²) < 4.78 is 25.8. The SMILES string of the molecule is CNC(=O)CCNS(=O)(=O)c1cccnc1Cl. The summed E-state index contributed by atoms with van der Waals surface area (Å²) in [6, 6.07) is 2.82. The molecule has 0 aliphatic carbocycles. The van der Waals surface area contributed by atoms with Crippen LogP contribution in [0.4, 0.5) is 0 Å². The second-order valence-corrected chi connectivity index (χ2v) is 5.21. The molecule has 94 valence electrons. The van der Waals surface area contributed by atoms with Crippen molar-refractivity contribution in [1.29, 1.82) is 0 Å². The van der Waals surface area contributed by atoms with Gasteiger partial charge in [-0.15, -0.1) is 0 Å². The van der Waals surface area contributed by atoms with Crippen molar-refractivity contribution < 1.29 is 13.2 Å². The molecule has 6 nitrogen and oxygen atoms in total. The van der Waals surface area contributed by atoms with Crippen molar-refractivity contribution in [3.63, 3.8) is 0 Å². The third kappa shape index (κ3) is 3.95. The molecule has 0 atom stereocenters. The minimum absolute atomic E-state index is 0.00717. The Morgan fingerprint density at radius 2 is 2.24 bits per heavy atom.